The Bertz CT molecular complexity index is 463. The van der Waals surface area contributed by atoms with Gasteiger partial charge in [0.15, 0.2) is 0 Å². The third-order valence-electron chi connectivity index (χ3n) is 3.77. The quantitative estimate of drug-likeness (QED) is 0.744. The number of hydrogen-bond acceptors (Lipinski definition) is 4. The van der Waals surface area contributed by atoms with Crippen LogP contribution >= 0.6 is 0 Å². The first-order chi connectivity index (χ1) is 10.2. The van der Waals surface area contributed by atoms with Gasteiger partial charge in [-0.1, -0.05) is 12.1 Å². The van der Waals surface area contributed by atoms with Crippen molar-refractivity contribution >= 4 is 5.97 Å². The average Bonchev–Trinajstić information content (AvgIpc) is 2.92. The maximum absolute atomic E-state index is 11.1. The van der Waals surface area contributed by atoms with Crippen molar-refractivity contribution in [3.63, 3.8) is 0 Å². The van der Waals surface area contributed by atoms with Crippen LogP contribution in [0.2, 0.25) is 0 Å². The number of methoxy groups -OCH3 is 1. The van der Waals surface area contributed by atoms with Gasteiger partial charge in [0.25, 0.3) is 0 Å². The highest BCUT2D eigenvalue weighted by atomic mass is 16.5. The Morgan fingerprint density at radius 1 is 1.43 bits per heavy atom. The topological polar surface area (TPSA) is 59.0 Å². The van der Waals surface area contributed by atoms with Crippen molar-refractivity contribution < 1.29 is 19.4 Å². The number of nitrogens with zero attached hydrogens (tertiary/aromatic N) is 1. The fourth-order valence-electron chi connectivity index (χ4n) is 2.73. The van der Waals surface area contributed by atoms with E-state index >= 15 is 0 Å². The summed E-state index contributed by atoms with van der Waals surface area (Å²) in [7, 11) is 1.75. The van der Waals surface area contributed by atoms with Gasteiger partial charge in [0.1, 0.15) is 11.3 Å². The van der Waals surface area contributed by atoms with Gasteiger partial charge < -0.3 is 19.5 Å². The molecule has 0 aliphatic carbocycles. The minimum atomic E-state index is -0.951. The molecule has 0 spiro atoms. The van der Waals surface area contributed by atoms with Crippen molar-refractivity contribution in [2.45, 2.75) is 12.8 Å². The average molecular weight is 293 g/mol. The first-order valence-electron chi connectivity index (χ1n) is 7.37. The van der Waals surface area contributed by atoms with Crippen LogP contribution in [0, 0.1) is 5.92 Å². The van der Waals surface area contributed by atoms with Crippen LogP contribution in [0.5, 0.6) is 5.75 Å². The van der Waals surface area contributed by atoms with Crippen molar-refractivity contribution in [1.82, 2.24) is 4.90 Å². The molecule has 0 bridgehead atoms. The second-order valence-electron chi connectivity index (χ2n) is 5.41. The normalized spacial score (nSPS) is 18.8. The number of benzene rings is 1. The van der Waals surface area contributed by atoms with Gasteiger partial charge in [0.2, 0.25) is 0 Å². The molecule has 0 saturated carbocycles. The van der Waals surface area contributed by atoms with Crippen molar-refractivity contribution in [3.05, 3.63) is 29.8 Å². The molecule has 0 radical (unpaired) electrons. The molecule has 116 valence electrons. The summed E-state index contributed by atoms with van der Waals surface area (Å²) in [6, 6.07) is 6.76. The fraction of sp³-hybridized carbons (Fsp3) is 0.562. The van der Waals surface area contributed by atoms with E-state index < -0.39 is 5.97 Å². The predicted molar refractivity (Wildman–Crippen MR) is 79.9 cm³/mol. The van der Waals surface area contributed by atoms with Crippen LogP contribution in [0.4, 0.5) is 0 Å². The van der Waals surface area contributed by atoms with E-state index in [0.717, 1.165) is 32.7 Å². The highest BCUT2D eigenvalue weighted by Gasteiger charge is 2.21. The molecule has 21 heavy (non-hydrogen) atoms. The molecule has 5 heteroatoms. The number of likely N-dealkylation sites (tertiary alicyclic amines) is 1. The Morgan fingerprint density at radius 3 is 3.00 bits per heavy atom. The zero-order valence-electron chi connectivity index (χ0n) is 12.5. The lowest BCUT2D eigenvalue weighted by molar-refractivity contribution is 0.0692. The monoisotopic (exact) mass is 293 g/mol. The van der Waals surface area contributed by atoms with E-state index in [4.69, 9.17) is 14.6 Å². The van der Waals surface area contributed by atoms with Crippen LogP contribution in [-0.2, 0) is 4.74 Å². The van der Waals surface area contributed by atoms with Crippen molar-refractivity contribution in [2.24, 2.45) is 5.92 Å². The summed E-state index contributed by atoms with van der Waals surface area (Å²) in [4.78, 5) is 13.5. The van der Waals surface area contributed by atoms with E-state index in [1.807, 2.05) is 0 Å². The Kier molecular flexibility index (Phi) is 6.02. The number of ether oxygens (including phenoxy) is 2. The molecule has 1 heterocycles. The number of para-hydroxylation sites is 1. The van der Waals surface area contributed by atoms with E-state index in [9.17, 15) is 4.79 Å². The van der Waals surface area contributed by atoms with Gasteiger partial charge in [-0.15, -0.1) is 0 Å². The first kappa shape index (κ1) is 15.8. The van der Waals surface area contributed by atoms with Crippen LogP contribution in [0.3, 0.4) is 0 Å². The molecule has 1 unspecified atom stereocenters. The molecule has 1 saturated heterocycles. The summed E-state index contributed by atoms with van der Waals surface area (Å²) >= 11 is 0. The predicted octanol–water partition coefficient (Wildman–Crippen LogP) is 2.12. The van der Waals surface area contributed by atoms with Gasteiger partial charge in [0.05, 0.1) is 13.2 Å². The Balaban J connectivity index is 1.70. The second kappa shape index (κ2) is 8.00. The molecular formula is C16H23NO4. The number of aromatic carboxylic acids is 1. The maximum Gasteiger partial charge on any atom is 0.339 e. The summed E-state index contributed by atoms with van der Waals surface area (Å²) in [5, 5.41) is 9.07. The maximum atomic E-state index is 11.1. The molecule has 0 amide bonds. The third-order valence-corrected chi connectivity index (χ3v) is 3.77. The summed E-state index contributed by atoms with van der Waals surface area (Å²) in [6.45, 7) is 4.55. The van der Waals surface area contributed by atoms with E-state index in [2.05, 4.69) is 4.90 Å². The molecule has 1 fully saturated rings. The lowest BCUT2D eigenvalue weighted by atomic mass is 10.1. The van der Waals surface area contributed by atoms with Crippen LogP contribution in [0.25, 0.3) is 0 Å². The minimum absolute atomic E-state index is 0.221. The Morgan fingerprint density at radius 2 is 2.24 bits per heavy atom. The van der Waals surface area contributed by atoms with E-state index in [1.54, 1.807) is 31.4 Å². The number of hydrogen-bond donors (Lipinski definition) is 1. The second-order valence-corrected chi connectivity index (χ2v) is 5.41. The number of carboxylic acids is 1. The number of rotatable bonds is 8. The molecular weight excluding hydrogens is 270 g/mol. The molecule has 1 aliphatic heterocycles. The van der Waals surface area contributed by atoms with Crippen molar-refractivity contribution in [3.8, 4) is 5.75 Å². The van der Waals surface area contributed by atoms with Crippen LogP contribution in [0.1, 0.15) is 23.2 Å². The molecule has 5 nitrogen and oxygen atoms in total. The smallest absolute Gasteiger partial charge is 0.339 e. The minimum Gasteiger partial charge on any atom is -0.493 e. The molecule has 1 atom stereocenters. The number of carbonyl (C=O) groups is 1. The lowest BCUT2D eigenvalue weighted by Gasteiger charge is -2.16. The first-order valence-corrected chi connectivity index (χ1v) is 7.37. The molecule has 1 aromatic rings. The highest BCUT2D eigenvalue weighted by molar-refractivity contribution is 5.90. The molecule has 1 N–H and O–H groups in total. The molecule has 0 aromatic heterocycles. The Hall–Kier alpha value is -1.59. The summed E-state index contributed by atoms with van der Waals surface area (Å²) in [6.07, 6.45) is 2.09. The largest absolute Gasteiger partial charge is 0.493 e. The molecule has 1 aromatic carbocycles. The standard InChI is InChI=1S/C16H23NO4/c1-20-12-13-7-9-17(11-13)8-4-10-21-15-6-3-2-5-14(15)16(18)19/h2-3,5-6,13H,4,7-12H2,1H3,(H,18,19). The van der Waals surface area contributed by atoms with Crippen LogP contribution in [-0.4, -0.2) is 55.9 Å². The summed E-state index contributed by atoms with van der Waals surface area (Å²) in [5.74, 6) is 0.139. The van der Waals surface area contributed by atoms with Gasteiger partial charge >= 0.3 is 5.97 Å². The summed E-state index contributed by atoms with van der Waals surface area (Å²) < 4.78 is 10.8. The van der Waals surface area contributed by atoms with E-state index in [-0.39, 0.29) is 5.56 Å². The van der Waals surface area contributed by atoms with Crippen LogP contribution in [0.15, 0.2) is 24.3 Å². The fourth-order valence-corrected chi connectivity index (χ4v) is 2.73. The van der Waals surface area contributed by atoms with Gasteiger partial charge in [-0.3, -0.25) is 0 Å². The molecule has 2 rings (SSSR count). The summed E-state index contributed by atoms with van der Waals surface area (Å²) in [5.41, 5.74) is 0.221. The van der Waals surface area contributed by atoms with Gasteiger partial charge in [-0.05, 0) is 37.4 Å². The van der Waals surface area contributed by atoms with Gasteiger partial charge in [-0.2, -0.15) is 0 Å². The molecule has 1 aliphatic rings. The van der Waals surface area contributed by atoms with Gasteiger partial charge in [-0.25, -0.2) is 4.79 Å². The SMILES string of the molecule is COCC1CCN(CCCOc2ccccc2C(=O)O)C1. The van der Waals surface area contributed by atoms with Gasteiger partial charge in [0, 0.05) is 20.2 Å². The van der Waals surface area contributed by atoms with E-state index in [0.29, 0.717) is 18.3 Å². The van der Waals surface area contributed by atoms with Crippen molar-refractivity contribution in [2.75, 3.05) is 40.0 Å². The highest BCUT2D eigenvalue weighted by Crippen LogP contribution is 2.19. The van der Waals surface area contributed by atoms with Crippen molar-refractivity contribution in [1.29, 1.82) is 0 Å². The zero-order valence-corrected chi connectivity index (χ0v) is 12.5. The van der Waals surface area contributed by atoms with Crippen LogP contribution < -0.4 is 4.74 Å². The third kappa shape index (κ3) is 4.72. The number of carboxylic acid groups (broad SMARTS) is 1. The zero-order chi connectivity index (χ0) is 15.1. The lowest BCUT2D eigenvalue weighted by Crippen LogP contribution is -2.24. The van der Waals surface area contributed by atoms with E-state index in [1.165, 1.54) is 6.42 Å². The Labute approximate surface area is 125 Å².